The Labute approximate surface area is 134 Å². The van der Waals surface area contributed by atoms with Gasteiger partial charge in [0.05, 0.1) is 0 Å². The Bertz CT molecular complexity index is 824. The SMILES string of the molecule is C=C(CCC(=C)c1ccc2sccc2c1)c1ccc(F)cc1. The molecule has 0 aliphatic rings. The van der Waals surface area contributed by atoms with Crippen LogP contribution in [-0.4, -0.2) is 0 Å². The lowest BCUT2D eigenvalue weighted by Crippen LogP contribution is -1.87. The van der Waals surface area contributed by atoms with Crippen LogP contribution in [-0.2, 0) is 0 Å². The second-order valence-corrected chi connectivity index (χ2v) is 6.33. The van der Waals surface area contributed by atoms with Crippen LogP contribution in [0.25, 0.3) is 21.2 Å². The van der Waals surface area contributed by atoms with Gasteiger partial charge >= 0.3 is 0 Å². The van der Waals surface area contributed by atoms with Crippen molar-refractivity contribution in [3.05, 3.63) is 84.0 Å². The highest BCUT2D eigenvalue weighted by Gasteiger charge is 2.05. The summed E-state index contributed by atoms with van der Waals surface area (Å²) in [7, 11) is 0. The molecule has 3 aromatic rings. The topological polar surface area (TPSA) is 0 Å². The van der Waals surface area contributed by atoms with Crippen molar-refractivity contribution >= 4 is 32.6 Å². The minimum absolute atomic E-state index is 0.218. The number of benzene rings is 2. The van der Waals surface area contributed by atoms with Crippen LogP contribution in [0.2, 0.25) is 0 Å². The largest absolute Gasteiger partial charge is 0.207 e. The molecule has 0 unspecified atom stereocenters. The fourth-order valence-electron chi connectivity index (χ4n) is 2.46. The second kappa shape index (κ2) is 6.29. The van der Waals surface area contributed by atoms with Crippen molar-refractivity contribution in [1.82, 2.24) is 0 Å². The van der Waals surface area contributed by atoms with Crippen molar-refractivity contribution < 1.29 is 4.39 Å². The van der Waals surface area contributed by atoms with E-state index in [0.717, 1.165) is 29.6 Å². The van der Waals surface area contributed by atoms with Crippen molar-refractivity contribution in [3.8, 4) is 0 Å². The molecular formula is C20H17FS. The summed E-state index contributed by atoms with van der Waals surface area (Å²) < 4.78 is 14.2. The van der Waals surface area contributed by atoms with Gasteiger partial charge in [0.15, 0.2) is 0 Å². The zero-order valence-corrected chi connectivity index (χ0v) is 13.1. The highest BCUT2D eigenvalue weighted by Crippen LogP contribution is 2.28. The van der Waals surface area contributed by atoms with Gasteiger partial charge in [-0.1, -0.05) is 31.4 Å². The molecule has 0 radical (unpaired) electrons. The van der Waals surface area contributed by atoms with E-state index in [9.17, 15) is 4.39 Å². The lowest BCUT2D eigenvalue weighted by molar-refractivity contribution is 0.627. The van der Waals surface area contributed by atoms with Gasteiger partial charge in [-0.25, -0.2) is 4.39 Å². The fourth-order valence-corrected chi connectivity index (χ4v) is 3.23. The molecule has 0 N–H and O–H groups in total. The lowest BCUT2D eigenvalue weighted by atomic mass is 9.96. The van der Waals surface area contributed by atoms with E-state index in [1.54, 1.807) is 23.5 Å². The number of fused-ring (bicyclic) bond motifs is 1. The van der Waals surface area contributed by atoms with Crippen LogP contribution in [0, 0.1) is 5.82 Å². The molecule has 22 heavy (non-hydrogen) atoms. The van der Waals surface area contributed by atoms with Gasteiger partial charge in [0, 0.05) is 4.70 Å². The first kappa shape index (κ1) is 14.7. The van der Waals surface area contributed by atoms with E-state index in [-0.39, 0.29) is 5.82 Å². The Kier molecular flexibility index (Phi) is 4.21. The molecule has 0 atom stereocenters. The van der Waals surface area contributed by atoms with Gasteiger partial charge in [-0.2, -0.15) is 0 Å². The third-order valence-corrected chi connectivity index (χ3v) is 4.74. The molecule has 1 aromatic heterocycles. The van der Waals surface area contributed by atoms with Gasteiger partial charge in [-0.15, -0.1) is 11.3 Å². The van der Waals surface area contributed by atoms with Gasteiger partial charge in [-0.3, -0.25) is 0 Å². The minimum atomic E-state index is -0.218. The van der Waals surface area contributed by atoms with Crippen LogP contribution in [0.5, 0.6) is 0 Å². The van der Waals surface area contributed by atoms with Gasteiger partial charge in [-0.05, 0) is 76.2 Å². The highest BCUT2D eigenvalue weighted by atomic mass is 32.1. The summed E-state index contributed by atoms with van der Waals surface area (Å²) in [6.07, 6.45) is 1.68. The van der Waals surface area contributed by atoms with Crippen molar-refractivity contribution in [2.24, 2.45) is 0 Å². The second-order valence-electron chi connectivity index (χ2n) is 5.39. The predicted octanol–water partition coefficient (Wildman–Crippen LogP) is 6.55. The Morgan fingerprint density at radius 1 is 0.864 bits per heavy atom. The molecular weight excluding hydrogens is 291 g/mol. The number of allylic oxidation sites excluding steroid dienone is 2. The summed E-state index contributed by atoms with van der Waals surface area (Å²) in [6.45, 7) is 8.30. The molecule has 3 rings (SSSR count). The average molecular weight is 308 g/mol. The molecule has 0 saturated heterocycles. The quantitative estimate of drug-likeness (QED) is 0.501. The standard InChI is InChI=1S/C20H17FS/c1-14(16-5-8-19(21)9-6-16)3-4-15(2)17-7-10-20-18(13-17)11-12-22-20/h5-13H,1-4H2. The van der Waals surface area contributed by atoms with Crippen molar-refractivity contribution in [2.75, 3.05) is 0 Å². The van der Waals surface area contributed by atoms with E-state index in [0.29, 0.717) is 0 Å². The minimum Gasteiger partial charge on any atom is -0.207 e. The number of thiophene rings is 1. The van der Waals surface area contributed by atoms with Crippen LogP contribution in [0.1, 0.15) is 24.0 Å². The van der Waals surface area contributed by atoms with Gasteiger partial charge in [0.2, 0.25) is 0 Å². The molecule has 0 bridgehead atoms. The normalized spacial score (nSPS) is 10.8. The summed E-state index contributed by atoms with van der Waals surface area (Å²) in [5, 5.41) is 3.37. The third kappa shape index (κ3) is 3.18. The molecule has 0 fully saturated rings. The number of rotatable bonds is 5. The molecule has 0 aliphatic heterocycles. The maximum Gasteiger partial charge on any atom is 0.123 e. The summed E-state index contributed by atoms with van der Waals surface area (Å²) >= 11 is 1.75. The summed E-state index contributed by atoms with van der Waals surface area (Å²) in [5.74, 6) is -0.218. The Morgan fingerprint density at radius 2 is 1.50 bits per heavy atom. The first-order chi connectivity index (χ1) is 10.6. The summed E-state index contributed by atoms with van der Waals surface area (Å²) in [5.41, 5.74) is 4.29. The van der Waals surface area contributed by atoms with Gasteiger partial charge < -0.3 is 0 Å². The van der Waals surface area contributed by atoms with Crippen LogP contribution < -0.4 is 0 Å². The van der Waals surface area contributed by atoms with E-state index in [2.05, 4.69) is 42.8 Å². The molecule has 0 aliphatic carbocycles. The van der Waals surface area contributed by atoms with E-state index in [1.807, 2.05) is 0 Å². The monoisotopic (exact) mass is 308 g/mol. The number of halogens is 1. The maximum absolute atomic E-state index is 12.9. The molecule has 1 heterocycles. The summed E-state index contributed by atoms with van der Waals surface area (Å²) in [4.78, 5) is 0. The zero-order valence-electron chi connectivity index (χ0n) is 12.3. The predicted molar refractivity (Wildman–Crippen MR) is 95.5 cm³/mol. The van der Waals surface area contributed by atoms with E-state index in [4.69, 9.17) is 0 Å². The molecule has 0 saturated carbocycles. The van der Waals surface area contributed by atoms with Crippen LogP contribution in [0.4, 0.5) is 4.39 Å². The maximum atomic E-state index is 12.9. The molecule has 2 heteroatoms. The fraction of sp³-hybridized carbons (Fsp3) is 0.100. The van der Waals surface area contributed by atoms with E-state index < -0.39 is 0 Å². The van der Waals surface area contributed by atoms with Gasteiger partial charge in [0.1, 0.15) is 5.82 Å². The van der Waals surface area contributed by atoms with Crippen LogP contribution >= 0.6 is 11.3 Å². The first-order valence-corrected chi connectivity index (χ1v) is 8.10. The van der Waals surface area contributed by atoms with Crippen LogP contribution in [0.3, 0.4) is 0 Å². The van der Waals surface area contributed by atoms with E-state index >= 15 is 0 Å². The Morgan fingerprint density at radius 3 is 2.23 bits per heavy atom. The number of hydrogen-bond donors (Lipinski definition) is 0. The molecule has 0 nitrogen and oxygen atoms in total. The highest BCUT2D eigenvalue weighted by molar-refractivity contribution is 7.17. The molecule has 0 amide bonds. The van der Waals surface area contributed by atoms with Crippen molar-refractivity contribution in [3.63, 3.8) is 0 Å². The molecule has 2 aromatic carbocycles. The van der Waals surface area contributed by atoms with Crippen molar-refractivity contribution in [2.45, 2.75) is 12.8 Å². The van der Waals surface area contributed by atoms with Crippen LogP contribution in [0.15, 0.2) is 67.1 Å². The van der Waals surface area contributed by atoms with E-state index in [1.165, 1.54) is 27.8 Å². The molecule has 110 valence electrons. The smallest absolute Gasteiger partial charge is 0.123 e. The van der Waals surface area contributed by atoms with Gasteiger partial charge in [0.25, 0.3) is 0 Å². The number of hydrogen-bond acceptors (Lipinski definition) is 1. The average Bonchev–Trinajstić information content (AvgIpc) is 3.00. The Balaban J connectivity index is 1.66. The third-order valence-electron chi connectivity index (χ3n) is 3.84. The summed E-state index contributed by atoms with van der Waals surface area (Å²) in [6, 6.07) is 15.1. The van der Waals surface area contributed by atoms with Crippen molar-refractivity contribution in [1.29, 1.82) is 0 Å². The Hall–Kier alpha value is -2.19. The first-order valence-electron chi connectivity index (χ1n) is 7.22. The zero-order chi connectivity index (χ0) is 15.5. The molecule has 0 spiro atoms. The lowest BCUT2D eigenvalue weighted by Gasteiger charge is -2.09.